The lowest BCUT2D eigenvalue weighted by atomic mass is 10.0. The molecule has 0 atom stereocenters. The average Bonchev–Trinajstić information content (AvgIpc) is 2.30. The van der Waals surface area contributed by atoms with Crippen molar-refractivity contribution in [3.63, 3.8) is 0 Å². The van der Waals surface area contributed by atoms with E-state index in [9.17, 15) is 9.18 Å². The highest BCUT2D eigenvalue weighted by Crippen LogP contribution is 2.24. The van der Waals surface area contributed by atoms with Crippen molar-refractivity contribution in [1.29, 1.82) is 0 Å². The summed E-state index contributed by atoms with van der Waals surface area (Å²) in [6, 6.07) is 7.97. The van der Waals surface area contributed by atoms with E-state index in [0.717, 1.165) is 0 Å². The Kier molecular flexibility index (Phi) is 2.54. The number of aldehydes is 1. The zero-order valence-corrected chi connectivity index (χ0v) is 7.85. The van der Waals surface area contributed by atoms with E-state index in [2.05, 4.69) is 4.98 Å². The van der Waals surface area contributed by atoms with Gasteiger partial charge < -0.3 is 0 Å². The maximum atomic E-state index is 13.5. The minimum absolute atomic E-state index is 0.341. The summed E-state index contributed by atoms with van der Waals surface area (Å²) in [4.78, 5) is 14.6. The Labute approximate surface area is 86.4 Å². The van der Waals surface area contributed by atoms with Crippen LogP contribution >= 0.6 is 0 Å². The SMILES string of the molecule is O=Cc1cnccc1-c1ccccc1F. The van der Waals surface area contributed by atoms with Crippen LogP contribution in [-0.2, 0) is 0 Å². The minimum Gasteiger partial charge on any atom is -0.298 e. The molecule has 1 aromatic heterocycles. The number of carbonyl (C=O) groups is 1. The highest BCUT2D eigenvalue weighted by molar-refractivity contribution is 5.87. The van der Waals surface area contributed by atoms with Crippen LogP contribution < -0.4 is 0 Å². The van der Waals surface area contributed by atoms with Crippen LogP contribution in [0.15, 0.2) is 42.7 Å². The van der Waals surface area contributed by atoms with Crippen molar-refractivity contribution < 1.29 is 9.18 Å². The maximum Gasteiger partial charge on any atom is 0.152 e. The van der Waals surface area contributed by atoms with Gasteiger partial charge in [-0.25, -0.2) is 4.39 Å². The molecule has 15 heavy (non-hydrogen) atoms. The summed E-state index contributed by atoms with van der Waals surface area (Å²) in [6.07, 6.45) is 3.64. The number of benzene rings is 1. The lowest BCUT2D eigenvalue weighted by Gasteiger charge is -2.04. The normalized spacial score (nSPS) is 9.93. The van der Waals surface area contributed by atoms with Crippen molar-refractivity contribution in [3.05, 3.63) is 54.1 Å². The summed E-state index contributed by atoms with van der Waals surface area (Å²) in [5.41, 5.74) is 1.38. The van der Waals surface area contributed by atoms with Gasteiger partial charge in [-0.2, -0.15) is 0 Å². The number of hydrogen-bond donors (Lipinski definition) is 0. The van der Waals surface area contributed by atoms with Crippen molar-refractivity contribution in [2.45, 2.75) is 0 Å². The molecule has 2 aromatic rings. The van der Waals surface area contributed by atoms with E-state index >= 15 is 0 Å². The molecule has 2 nitrogen and oxygen atoms in total. The number of halogens is 1. The van der Waals surface area contributed by atoms with Gasteiger partial charge in [0.25, 0.3) is 0 Å². The van der Waals surface area contributed by atoms with Gasteiger partial charge in [-0.1, -0.05) is 18.2 Å². The molecule has 0 radical (unpaired) electrons. The second-order valence-corrected chi connectivity index (χ2v) is 3.06. The zero-order chi connectivity index (χ0) is 10.7. The molecule has 0 aliphatic rings. The first kappa shape index (κ1) is 9.52. The molecule has 0 spiro atoms. The van der Waals surface area contributed by atoms with E-state index in [1.807, 2.05) is 0 Å². The summed E-state index contributed by atoms with van der Waals surface area (Å²) < 4.78 is 13.5. The molecule has 0 amide bonds. The molecule has 0 saturated heterocycles. The predicted octanol–water partition coefficient (Wildman–Crippen LogP) is 2.70. The molecular weight excluding hydrogens is 193 g/mol. The standard InChI is InChI=1S/C12H8FNO/c13-12-4-2-1-3-11(12)10-5-6-14-7-9(10)8-15/h1-8H. The summed E-state index contributed by atoms with van der Waals surface area (Å²) in [7, 11) is 0. The van der Waals surface area contributed by atoms with Crippen LogP contribution in [0.1, 0.15) is 10.4 Å². The third kappa shape index (κ3) is 1.76. The Morgan fingerprint density at radius 1 is 1.13 bits per heavy atom. The van der Waals surface area contributed by atoms with Crippen LogP contribution in [0, 0.1) is 5.82 Å². The van der Waals surface area contributed by atoms with E-state index < -0.39 is 0 Å². The fourth-order valence-electron chi connectivity index (χ4n) is 1.43. The van der Waals surface area contributed by atoms with Crippen LogP contribution in [0.4, 0.5) is 4.39 Å². The van der Waals surface area contributed by atoms with Crippen LogP contribution in [0.3, 0.4) is 0 Å². The number of hydrogen-bond acceptors (Lipinski definition) is 2. The van der Waals surface area contributed by atoms with Gasteiger partial charge >= 0.3 is 0 Å². The van der Waals surface area contributed by atoms with Crippen molar-refractivity contribution in [2.24, 2.45) is 0 Å². The molecule has 0 bridgehead atoms. The molecule has 0 unspecified atom stereocenters. The predicted molar refractivity (Wildman–Crippen MR) is 55.0 cm³/mol. The first-order chi connectivity index (χ1) is 7.33. The van der Waals surface area contributed by atoms with Gasteiger partial charge in [-0.05, 0) is 17.7 Å². The van der Waals surface area contributed by atoms with Gasteiger partial charge in [-0.15, -0.1) is 0 Å². The fourth-order valence-corrected chi connectivity index (χ4v) is 1.43. The van der Waals surface area contributed by atoms with E-state index in [0.29, 0.717) is 23.0 Å². The first-order valence-electron chi connectivity index (χ1n) is 4.47. The van der Waals surface area contributed by atoms with Gasteiger partial charge in [0.2, 0.25) is 0 Å². The zero-order valence-electron chi connectivity index (χ0n) is 7.85. The van der Waals surface area contributed by atoms with Crippen LogP contribution in [0.5, 0.6) is 0 Å². The van der Waals surface area contributed by atoms with Crippen molar-refractivity contribution in [1.82, 2.24) is 4.98 Å². The van der Waals surface area contributed by atoms with Crippen LogP contribution in [-0.4, -0.2) is 11.3 Å². The Bertz CT molecular complexity index is 496. The van der Waals surface area contributed by atoms with E-state index in [1.54, 1.807) is 24.3 Å². The van der Waals surface area contributed by atoms with Crippen LogP contribution in [0.25, 0.3) is 11.1 Å². The average molecular weight is 201 g/mol. The highest BCUT2D eigenvalue weighted by atomic mass is 19.1. The summed E-state index contributed by atoms with van der Waals surface area (Å²) in [5, 5.41) is 0. The Hall–Kier alpha value is -2.03. The lowest BCUT2D eigenvalue weighted by molar-refractivity contribution is 0.112. The van der Waals surface area contributed by atoms with Crippen molar-refractivity contribution in [3.8, 4) is 11.1 Å². The molecule has 74 valence electrons. The maximum absolute atomic E-state index is 13.5. The van der Waals surface area contributed by atoms with E-state index in [-0.39, 0.29) is 5.82 Å². The van der Waals surface area contributed by atoms with Gasteiger partial charge in [0.15, 0.2) is 6.29 Å². The second-order valence-electron chi connectivity index (χ2n) is 3.06. The molecule has 3 heteroatoms. The number of rotatable bonds is 2. The van der Waals surface area contributed by atoms with Gasteiger partial charge in [-0.3, -0.25) is 9.78 Å². The first-order valence-corrected chi connectivity index (χ1v) is 4.47. The molecule has 2 rings (SSSR count). The Balaban J connectivity index is 2.64. The molecule has 0 N–H and O–H groups in total. The highest BCUT2D eigenvalue weighted by Gasteiger charge is 2.07. The Morgan fingerprint density at radius 3 is 2.67 bits per heavy atom. The smallest absolute Gasteiger partial charge is 0.152 e. The Morgan fingerprint density at radius 2 is 1.93 bits per heavy atom. The van der Waals surface area contributed by atoms with Crippen molar-refractivity contribution in [2.75, 3.05) is 0 Å². The number of nitrogens with zero attached hydrogens (tertiary/aromatic N) is 1. The minimum atomic E-state index is -0.341. The lowest BCUT2D eigenvalue weighted by Crippen LogP contribution is -1.91. The fraction of sp³-hybridized carbons (Fsp3) is 0. The molecule has 0 fully saturated rings. The van der Waals surface area contributed by atoms with Crippen LogP contribution in [0.2, 0.25) is 0 Å². The van der Waals surface area contributed by atoms with Crippen molar-refractivity contribution >= 4 is 6.29 Å². The van der Waals surface area contributed by atoms with Gasteiger partial charge in [0.05, 0.1) is 0 Å². The third-order valence-electron chi connectivity index (χ3n) is 2.14. The summed E-state index contributed by atoms with van der Waals surface area (Å²) in [5.74, 6) is -0.341. The number of pyridine rings is 1. The summed E-state index contributed by atoms with van der Waals surface area (Å²) in [6.45, 7) is 0. The molecular formula is C12H8FNO. The molecule has 0 saturated carbocycles. The second kappa shape index (κ2) is 4.00. The van der Waals surface area contributed by atoms with Gasteiger partial charge in [0.1, 0.15) is 5.82 Å². The largest absolute Gasteiger partial charge is 0.298 e. The number of carbonyl (C=O) groups excluding carboxylic acids is 1. The summed E-state index contributed by atoms with van der Waals surface area (Å²) >= 11 is 0. The van der Waals surface area contributed by atoms with Gasteiger partial charge in [0, 0.05) is 23.5 Å². The molecule has 1 aromatic carbocycles. The third-order valence-corrected chi connectivity index (χ3v) is 2.14. The molecule has 1 heterocycles. The molecule has 0 aliphatic carbocycles. The quantitative estimate of drug-likeness (QED) is 0.699. The van der Waals surface area contributed by atoms with E-state index in [1.165, 1.54) is 18.5 Å². The topological polar surface area (TPSA) is 30.0 Å². The number of aromatic nitrogens is 1. The monoisotopic (exact) mass is 201 g/mol. The molecule has 0 aliphatic heterocycles. The van der Waals surface area contributed by atoms with E-state index in [4.69, 9.17) is 0 Å².